The van der Waals surface area contributed by atoms with E-state index in [2.05, 4.69) is 9.97 Å². The first-order chi connectivity index (χ1) is 12.1. The zero-order chi connectivity index (χ0) is 18.9. The van der Waals surface area contributed by atoms with Gasteiger partial charge in [-0.25, -0.2) is 4.98 Å². The van der Waals surface area contributed by atoms with Gasteiger partial charge in [0.05, 0.1) is 16.5 Å². The van der Waals surface area contributed by atoms with E-state index in [1.807, 2.05) is 0 Å². The van der Waals surface area contributed by atoms with Gasteiger partial charge in [-0.3, -0.25) is 0 Å². The zero-order valence-corrected chi connectivity index (χ0v) is 15.2. The van der Waals surface area contributed by atoms with Crippen LogP contribution in [0.15, 0.2) is 48.5 Å². The van der Waals surface area contributed by atoms with Crippen molar-refractivity contribution in [2.75, 3.05) is 0 Å². The number of aromatic nitrogens is 2. The highest BCUT2D eigenvalue weighted by Gasteiger charge is 2.30. The van der Waals surface area contributed by atoms with Crippen LogP contribution in [0.5, 0.6) is 5.88 Å². The van der Waals surface area contributed by atoms with E-state index in [1.54, 1.807) is 24.3 Å². The van der Waals surface area contributed by atoms with E-state index in [4.69, 9.17) is 39.5 Å². The molecule has 136 valence electrons. The SMILES string of the molecule is FC(F)(F)c1ccc(COc2nc(C(Cl)(Cl)Cl)nc3ccccc23)cc1. The van der Waals surface area contributed by atoms with E-state index in [1.165, 1.54) is 12.1 Å². The van der Waals surface area contributed by atoms with Gasteiger partial charge < -0.3 is 4.74 Å². The topological polar surface area (TPSA) is 35.0 Å². The molecule has 3 aromatic rings. The molecule has 26 heavy (non-hydrogen) atoms. The maximum Gasteiger partial charge on any atom is 0.416 e. The summed E-state index contributed by atoms with van der Waals surface area (Å²) < 4.78 is 41.7. The Morgan fingerprint density at radius 1 is 0.885 bits per heavy atom. The monoisotopic (exact) mass is 420 g/mol. The Labute approximate surface area is 161 Å². The number of hydrogen-bond donors (Lipinski definition) is 0. The van der Waals surface area contributed by atoms with Crippen molar-refractivity contribution in [3.63, 3.8) is 0 Å². The molecule has 2 aromatic carbocycles. The third-order valence-electron chi connectivity index (χ3n) is 3.48. The number of rotatable bonds is 3. The molecule has 0 amide bonds. The molecule has 0 aliphatic carbocycles. The third-order valence-corrected chi connectivity index (χ3v) is 3.99. The van der Waals surface area contributed by atoms with Crippen LogP contribution in [-0.4, -0.2) is 9.97 Å². The highest BCUT2D eigenvalue weighted by molar-refractivity contribution is 6.66. The Kier molecular flexibility index (Phi) is 5.19. The van der Waals surface area contributed by atoms with Crippen LogP contribution in [0.25, 0.3) is 10.9 Å². The smallest absolute Gasteiger partial charge is 0.416 e. The molecule has 0 N–H and O–H groups in total. The summed E-state index contributed by atoms with van der Waals surface area (Å²) in [7, 11) is 0. The second-order valence-electron chi connectivity index (χ2n) is 5.35. The van der Waals surface area contributed by atoms with Gasteiger partial charge in [0.1, 0.15) is 6.61 Å². The largest absolute Gasteiger partial charge is 0.472 e. The van der Waals surface area contributed by atoms with Gasteiger partial charge in [-0.05, 0) is 29.8 Å². The van der Waals surface area contributed by atoms with E-state index in [9.17, 15) is 13.2 Å². The molecular weight excluding hydrogens is 412 g/mol. The van der Waals surface area contributed by atoms with Crippen LogP contribution in [-0.2, 0) is 16.6 Å². The van der Waals surface area contributed by atoms with E-state index >= 15 is 0 Å². The summed E-state index contributed by atoms with van der Waals surface area (Å²) in [5.74, 6) is 0.125. The summed E-state index contributed by atoms with van der Waals surface area (Å²) in [4.78, 5) is 8.32. The van der Waals surface area contributed by atoms with Crippen molar-refractivity contribution in [1.29, 1.82) is 0 Å². The van der Waals surface area contributed by atoms with Gasteiger partial charge in [0.25, 0.3) is 0 Å². The molecule has 0 unspecified atom stereocenters. The number of fused-ring (bicyclic) bond motifs is 1. The summed E-state index contributed by atoms with van der Waals surface area (Å²) >= 11 is 17.6. The third kappa shape index (κ3) is 4.31. The fraction of sp³-hybridized carbons (Fsp3) is 0.176. The molecule has 0 spiro atoms. The minimum Gasteiger partial charge on any atom is -0.472 e. The summed E-state index contributed by atoms with van der Waals surface area (Å²) in [6.45, 7) is -0.00155. The van der Waals surface area contributed by atoms with Gasteiger partial charge in [0, 0.05) is 0 Å². The van der Waals surface area contributed by atoms with Crippen molar-refractivity contribution >= 4 is 45.7 Å². The van der Waals surface area contributed by atoms with Crippen molar-refractivity contribution in [3.8, 4) is 5.88 Å². The predicted octanol–water partition coefficient (Wildman–Crippen LogP) is 6.05. The van der Waals surface area contributed by atoms with Crippen molar-refractivity contribution in [1.82, 2.24) is 9.97 Å². The molecule has 1 heterocycles. The van der Waals surface area contributed by atoms with Crippen LogP contribution in [0, 0.1) is 0 Å². The van der Waals surface area contributed by atoms with Gasteiger partial charge in [-0.2, -0.15) is 18.2 Å². The van der Waals surface area contributed by atoms with E-state index in [-0.39, 0.29) is 18.3 Å². The predicted molar refractivity (Wildman–Crippen MR) is 94.6 cm³/mol. The van der Waals surface area contributed by atoms with Crippen LogP contribution < -0.4 is 4.74 Å². The molecule has 0 saturated heterocycles. The van der Waals surface area contributed by atoms with E-state index in [0.717, 1.165) is 12.1 Å². The van der Waals surface area contributed by atoms with E-state index < -0.39 is 15.5 Å². The molecule has 1 aromatic heterocycles. The Balaban J connectivity index is 1.88. The zero-order valence-electron chi connectivity index (χ0n) is 12.9. The normalized spacial score (nSPS) is 12.4. The number of hydrogen-bond acceptors (Lipinski definition) is 3. The lowest BCUT2D eigenvalue weighted by molar-refractivity contribution is -0.137. The fourth-order valence-electron chi connectivity index (χ4n) is 2.23. The molecular formula is C17H10Cl3F3N2O. The van der Waals surface area contributed by atoms with Crippen molar-refractivity contribution < 1.29 is 17.9 Å². The summed E-state index contributed by atoms with van der Waals surface area (Å²) in [6.07, 6.45) is -4.39. The Hall–Kier alpha value is -1.76. The minimum atomic E-state index is -4.39. The van der Waals surface area contributed by atoms with Gasteiger partial charge in [-0.1, -0.05) is 59.1 Å². The molecule has 0 radical (unpaired) electrons. The lowest BCUT2D eigenvalue weighted by atomic mass is 10.1. The Morgan fingerprint density at radius 3 is 2.15 bits per heavy atom. The number of para-hydroxylation sites is 1. The molecule has 0 aliphatic heterocycles. The van der Waals surface area contributed by atoms with Gasteiger partial charge in [-0.15, -0.1) is 0 Å². The average molecular weight is 422 g/mol. The van der Waals surface area contributed by atoms with Crippen molar-refractivity contribution in [3.05, 3.63) is 65.5 Å². The van der Waals surface area contributed by atoms with Gasteiger partial charge in [0.2, 0.25) is 9.67 Å². The molecule has 0 aliphatic rings. The first kappa shape index (κ1) is 19.0. The summed E-state index contributed by atoms with van der Waals surface area (Å²) in [5.41, 5.74) is 0.328. The number of ether oxygens (including phenoxy) is 1. The molecule has 0 saturated carbocycles. The number of benzene rings is 2. The number of alkyl halides is 6. The molecule has 3 nitrogen and oxygen atoms in total. The maximum atomic E-state index is 12.6. The standard InChI is InChI=1S/C17H10Cl3F3N2O/c18-16(19,20)15-24-13-4-2-1-3-12(13)14(25-15)26-9-10-5-7-11(8-6-10)17(21,22)23/h1-8H,9H2. The minimum absolute atomic E-state index is 0.00155. The van der Waals surface area contributed by atoms with Gasteiger partial charge >= 0.3 is 6.18 Å². The van der Waals surface area contributed by atoms with Crippen LogP contribution in [0.2, 0.25) is 0 Å². The fourth-order valence-corrected chi connectivity index (χ4v) is 2.48. The lowest BCUT2D eigenvalue weighted by Gasteiger charge is -2.14. The summed E-state index contributed by atoms with van der Waals surface area (Å²) in [6, 6.07) is 11.6. The van der Waals surface area contributed by atoms with E-state index in [0.29, 0.717) is 16.5 Å². The number of nitrogens with zero attached hydrogens (tertiary/aromatic N) is 2. The van der Waals surface area contributed by atoms with Crippen LogP contribution in [0.3, 0.4) is 0 Å². The molecule has 0 fully saturated rings. The molecule has 9 heteroatoms. The molecule has 0 atom stereocenters. The highest BCUT2D eigenvalue weighted by atomic mass is 35.6. The second-order valence-corrected chi connectivity index (χ2v) is 7.63. The second kappa shape index (κ2) is 7.10. The quantitative estimate of drug-likeness (QED) is 0.483. The highest BCUT2D eigenvalue weighted by Crippen LogP contribution is 2.38. The first-order valence-electron chi connectivity index (χ1n) is 7.27. The lowest BCUT2D eigenvalue weighted by Crippen LogP contribution is -2.10. The van der Waals surface area contributed by atoms with Gasteiger partial charge in [0.15, 0.2) is 5.82 Å². The Morgan fingerprint density at radius 2 is 1.54 bits per heavy atom. The Bertz CT molecular complexity index is 925. The first-order valence-corrected chi connectivity index (χ1v) is 8.41. The summed E-state index contributed by atoms with van der Waals surface area (Å²) in [5, 5.41) is 0.595. The average Bonchev–Trinajstić information content (AvgIpc) is 2.58. The van der Waals surface area contributed by atoms with Crippen LogP contribution in [0.1, 0.15) is 17.0 Å². The van der Waals surface area contributed by atoms with Crippen molar-refractivity contribution in [2.45, 2.75) is 16.6 Å². The van der Waals surface area contributed by atoms with Crippen LogP contribution >= 0.6 is 34.8 Å². The maximum absolute atomic E-state index is 12.6. The molecule has 3 rings (SSSR count). The molecule has 0 bridgehead atoms. The van der Waals surface area contributed by atoms with Crippen LogP contribution in [0.4, 0.5) is 13.2 Å². The number of halogens is 6. The van der Waals surface area contributed by atoms with Crippen molar-refractivity contribution in [2.24, 2.45) is 0 Å².